The number of nitrogens with one attached hydrogen (secondary N) is 1. The normalized spacial score (nSPS) is 10.4. The van der Waals surface area contributed by atoms with Crippen molar-refractivity contribution in [2.75, 3.05) is 11.1 Å². The molecular formula is C18H17N5O. The lowest BCUT2D eigenvalue weighted by Crippen LogP contribution is -2.05. The third kappa shape index (κ3) is 3.55. The SMILES string of the molecule is CC(=O)c1ccc(-c2nc(N)nc(Nc3ccc(C)cc3)n2)cc1. The molecule has 1 heterocycles. The summed E-state index contributed by atoms with van der Waals surface area (Å²) in [7, 11) is 0. The zero-order chi connectivity index (χ0) is 17.1. The molecule has 24 heavy (non-hydrogen) atoms. The number of aromatic nitrogens is 3. The standard InChI is InChI=1S/C18H17N5O/c1-11-3-9-15(10-4-11)20-18-22-16(21-17(19)23-18)14-7-5-13(6-8-14)12(2)24/h3-10H,1-2H3,(H3,19,20,21,22,23). The van der Waals surface area contributed by atoms with E-state index in [4.69, 9.17) is 5.73 Å². The predicted octanol–water partition coefficient (Wildman–Crippen LogP) is 3.38. The first-order valence-corrected chi connectivity index (χ1v) is 7.48. The smallest absolute Gasteiger partial charge is 0.232 e. The summed E-state index contributed by atoms with van der Waals surface area (Å²) < 4.78 is 0. The van der Waals surface area contributed by atoms with Crippen molar-refractivity contribution in [3.8, 4) is 11.4 Å². The molecule has 3 N–H and O–H groups in total. The number of carbonyl (C=O) groups excluding carboxylic acids is 1. The summed E-state index contributed by atoms with van der Waals surface area (Å²) >= 11 is 0. The van der Waals surface area contributed by atoms with Crippen LogP contribution in [0.25, 0.3) is 11.4 Å². The Morgan fingerprint density at radius 1 is 0.958 bits per heavy atom. The van der Waals surface area contributed by atoms with Gasteiger partial charge in [0.05, 0.1) is 0 Å². The lowest BCUT2D eigenvalue weighted by atomic mass is 10.1. The van der Waals surface area contributed by atoms with E-state index in [0.717, 1.165) is 11.3 Å². The molecule has 6 nitrogen and oxygen atoms in total. The molecule has 0 radical (unpaired) electrons. The number of Topliss-reactive ketones (excluding diaryl/α,β-unsaturated/α-hetero) is 1. The molecule has 0 amide bonds. The minimum absolute atomic E-state index is 0.0124. The van der Waals surface area contributed by atoms with E-state index >= 15 is 0 Å². The van der Waals surface area contributed by atoms with Gasteiger partial charge in [0, 0.05) is 16.8 Å². The number of hydrogen-bond donors (Lipinski definition) is 2. The number of benzene rings is 2. The zero-order valence-corrected chi connectivity index (χ0v) is 13.4. The fraction of sp³-hybridized carbons (Fsp3) is 0.111. The van der Waals surface area contributed by atoms with Gasteiger partial charge in [0.2, 0.25) is 11.9 Å². The number of nitrogens with two attached hydrogens (primary N) is 1. The Labute approximate surface area is 139 Å². The maximum Gasteiger partial charge on any atom is 0.232 e. The highest BCUT2D eigenvalue weighted by Crippen LogP contribution is 2.20. The van der Waals surface area contributed by atoms with Gasteiger partial charge in [-0.05, 0) is 26.0 Å². The number of anilines is 3. The molecule has 0 aliphatic heterocycles. The van der Waals surface area contributed by atoms with Gasteiger partial charge in [-0.2, -0.15) is 15.0 Å². The Bertz CT molecular complexity index is 873. The molecule has 0 saturated heterocycles. The Balaban J connectivity index is 1.90. The second kappa shape index (κ2) is 6.45. The van der Waals surface area contributed by atoms with Crippen LogP contribution in [-0.2, 0) is 0 Å². The zero-order valence-electron chi connectivity index (χ0n) is 13.4. The molecule has 0 aliphatic rings. The first kappa shape index (κ1) is 15.6. The van der Waals surface area contributed by atoms with E-state index < -0.39 is 0 Å². The number of aryl methyl sites for hydroxylation is 1. The highest BCUT2D eigenvalue weighted by Gasteiger charge is 2.08. The average Bonchev–Trinajstić information content (AvgIpc) is 2.56. The van der Waals surface area contributed by atoms with Gasteiger partial charge in [0.25, 0.3) is 0 Å². The maximum absolute atomic E-state index is 11.4. The molecule has 120 valence electrons. The fourth-order valence-corrected chi connectivity index (χ4v) is 2.20. The highest BCUT2D eigenvalue weighted by atomic mass is 16.1. The lowest BCUT2D eigenvalue weighted by Gasteiger charge is -2.08. The molecule has 0 atom stereocenters. The molecule has 0 spiro atoms. The van der Waals surface area contributed by atoms with Crippen LogP contribution in [0.15, 0.2) is 48.5 Å². The number of ketones is 1. The summed E-state index contributed by atoms with van der Waals surface area (Å²) in [5, 5.41) is 3.12. The number of nitrogens with zero attached hydrogens (tertiary/aromatic N) is 3. The molecule has 3 aromatic rings. The molecule has 0 saturated carbocycles. The van der Waals surface area contributed by atoms with Crippen LogP contribution < -0.4 is 11.1 Å². The van der Waals surface area contributed by atoms with Crippen molar-refractivity contribution in [2.45, 2.75) is 13.8 Å². The van der Waals surface area contributed by atoms with E-state index in [0.29, 0.717) is 17.3 Å². The largest absolute Gasteiger partial charge is 0.368 e. The van der Waals surface area contributed by atoms with Crippen molar-refractivity contribution in [1.82, 2.24) is 15.0 Å². The van der Waals surface area contributed by atoms with Gasteiger partial charge in [-0.1, -0.05) is 42.0 Å². The van der Waals surface area contributed by atoms with Gasteiger partial charge in [-0.3, -0.25) is 4.79 Å². The Morgan fingerprint density at radius 3 is 2.25 bits per heavy atom. The molecule has 0 bridgehead atoms. The Morgan fingerprint density at radius 2 is 1.62 bits per heavy atom. The summed E-state index contributed by atoms with van der Waals surface area (Å²) in [5.74, 6) is 0.966. The molecule has 1 aromatic heterocycles. The van der Waals surface area contributed by atoms with Gasteiger partial charge in [-0.25, -0.2) is 0 Å². The second-order valence-corrected chi connectivity index (χ2v) is 5.47. The first-order valence-electron chi connectivity index (χ1n) is 7.48. The van der Waals surface area contributed by atoms with Gasteiger partial charge in [-0.15, -0.1) is 0 Å². The van der Waals surface area contributed by atoms with Crippen LogP contribution in [0.4, 0.5) is 17.6 Å². The van der Waals surface area contributed by atoms with Gasteiger partial charge >= 0.3 is 0 Å². The molecule has 0 unspecified atom stereocenters. The van der Waals surface area contributed by atoms with E-state index in [1.165, 1.54) is 12.5 Å². The summed E-state index contributed by atoms with van der Waals surface area (Å²) in [6.07, 6.45) is 0. The minimum atomic E-state index is 0.0124. The fourth-order valence-electron chi connectivity index (χ4n) is 2.20. The van der Waals surface area contributed by atoms with Crippen LogP contribution in [0.5, 0.6) is 0 Å². The third-order valence-corrected chi connectivity index (χ3v) is 3.51. The van der Waals surface area contributed by atoms with Crippen molar-refractivity contribution in [2.24, 2.45) is 0 Å². The topological polar surface area (TPSA) is 93.8 Å². The van der Waals surface area contributed by atoms with Crippen LogP contribution in [0.1, 0.15) is 22.8 Å². The number of carbonyl (C=O) groups is 1. The maximum atomic E-state index is 11.4. The monoisotopic (exact) mass is 319 g/mol. The van der Waals surface area contributed by atoms with Crippen LogP contribution in [0.2, 0.25) is 0 Å². The average molecular weight is 319 g/mol. The Kier molecular flexibility index (Phi) is 4.20. The molecule has 3 rings (SSSR count). The van der Waals surface area contributed by atoms with Crippen molar-refractivity contribution in [3.05, 3.63) is 59.7 Å². The van der Waals surface area contributed by atoms with Crippen molar-refractivity contribution >= 4 is 23.4 Å². The lowest BCUT2D eigenvalue weighted by molar-refractivity contribution is 0.101. The summed E-state index contributed by atoms with van der Waals surface area (Å²) in [6, 6.07) is 14.9. The van der Waals surface area contributed by atoms with Crippen molar-refractivity contribution < 1.29 is 4.79 Å². The Hall–Kier alpha value is -3.28. The highest BCUT2D eigenvalue weighted by molar-refractivity contribution is 5.94. The van der Waals surface area contributed by atoms with Crippen molar-refractivity contribution in [3.63, 3.8) is 0 Å². The van der Waals surface area contributed by atoms with Crippen LogP contribution in [-0.4, -0.2) is 20.7 Å². The van der Waals surface area contributed by atoms with Crippen molar-refractivity contribution in [1.29, 1.82) is 0 Å². The number of nitrogen functional groups attached to an aromatic ring is 1. The molecule has 0 fully saturated rings. The van der Waals surface area contributed by atoms with Gasteiger partial charge in [0.1, 0.15) is 0 Å². The number of hydrogen-bond acceptors (Lipinski definition) is 6. The minimum Gasteiger partial charge on any atom is -0.368 e. The van der Waals surface area contributed by atoms with E-state index in [-0.39, 0.29) is 11.7 Å². The summed E-state index contributed by atoms with van der Waals surface area (Å²) in [4.78, 5) is 24.0. The van der Waals surface area contributed by atoms with E-state index in [1.807, 2.05) is 31.2 Å². The van der Waals surface area contributed by atoms with E-state index in [2.05, 4.69) is 20.3 Å². The van der Waals surface area contributed by atoms with Gasteiger partial charge < -0.3 is 11.1 Å². The third-order valence-electron chi connectivity index (χ3n) is 3.51. The molecule has 6 heteroatoms. The second-order valence-electron chi connectivity index (χ2n) is 5.47. The van der Waals surface area contributed by atoms with Crippen LogP contribution in [0, 0.1) is 6.92 Å². The summed E-state index contributed by atoms with van der Waals surface area (Å²) in [6.45, 7) is 3.55. The molecule has 0 aliphatic carbocycles. The van der Waals surface area contributed by atoms with Crippen LogP contribution >= 0.6 is 0 Å². The van der Waals surface area contributed by atoms with Crippen LogP contribution in [0.3, 0.4) is 0 Å². The van der Waals surface area contributed by atoms with Gasteiger partial charge in [0.15, 0.2) is 11.6 Å². The van der Waals surface area contributed by atoms with E-state index in [9.17, 15) is 4.79 Å². The molecule has 2 aromatic carbocycles. The van der Waals surface area contributed by atoms with E-state index in [1.54, 1.807) is 24.3 Å². The summed E-state index contributed by atoms with van der Waals surface area (Å²) in [5.41, 5.74) is 9.23. The quantitative estimate of drug-likeness (QED) is 0.716. The molecular weight excluding hydrogens is 302 g/mol. The number of rotatable bonds is 4. The first-order chi connectivity index (χ1) is 11.5. The predicted molar refractivity (Wildman–Crippen MR) is 94.1 cm³/mol.